The van der Waals surface area contributed by atoms with Gasteiger partial charge in [0.05, 0.1) is 11.8 Å². The third-order valence-electron chi connectivity index (χ3n) is 4.64. The van der Waals surface area contributed by atoms with E-state index in [9.17, 15) is 4.79 Å². The summed E-state index contributed by atoms with van der Waals surface area (Å²) in [6.45, 7) is 4.06. The highest BCUT2D eigenvalue weighted by atomic mass is 16.5. The number of hydrogen-bond donors (Lipinski definition) is 2. The van der Waals surface area contributed by atoms with Gasteiger partial charge >= 0.3 is 0 Å². The van der Waals surface area contributed by atoms with Crippen molar-refractivity contribution in [3.63, 3.8) is 0 Å². The average Bonchev–Trinajstić information content (AvgIpc) is 3.08. The second-order valence-corrected chi connectivity index (χ2v) is 6.68. The van der Waals surface area contributed by atoms with Gasteiger partial charge in [-0.3, -0.25) is 14.9 Å². The molecule has 0 aliphatic heterocycles. The quantitative estimate of drug-likeness (QED) is 0.845. The van der Waals surface area contributed by atoms with Crippen LogP contribution in [0.4, 0.5) is 0 Å². The number of aryl methyl sites for hydroxylation is 2. The van der Waals surface area contributed by atoms with Crippen molar-refractivity contribution in [3.05, 3.63) is 41.5 Å². The predicted molar refractivity (Wildman–Crippen MR) is 95.7 cm³/mol. The Morgan fingerprint density at radius 3 is 2.88 bits per heavy atom. The highest BCUT2D eigenvalue weighted by Gasteiger charge is 2.25. The van der Waals surface area contributed by atoms with E-state index in [0.29, 0.717) is 5.69 Å². The van der Waals surface area contributed by atoms with Gasteiger partial charge in [-0.25, -0.2) is 0 Å². The van der Waals surface area contributed by atoms with Crippen LogP contribution in [0.3, 0.4) is 0 Å². The van der Waals surface area contributed by atoms with Crippen molar-refractivity contribution in [2.24, 2.45) is 0 Å². The van der Waals surface area contributed by atoms with E-state index in [1.54, 1.807) is 6.20 Å². The Kier molecular flexibility index (Phi) is 5.68. The first-order valence-corrected chi connectivity index (χ1v) is 9.09. The number of hydrogen-bond acceptors (Lipinski definition) is 4. The zero-order valence-corrected chi connectivity index (χ0v) is 14.9. The van der Waals surface area contributed by atoms with Crippen LogP contribution in [0.25, 0.3) is 0 Å². The number of aromatic nitrogens is 3. The Hall–Kier alpha value is -2.37. The number of amides is 1. The molecule has 6 heteroatoms. The lowest BCUT2D eigenvalue weighted by Crippen LogP contribution is -2.39. The summed E-state index contributed by atoms with van der Waals surface area (Å²) >= 11 is 0. The zero-order valence-electron chi connectivity index (χ0n) is 14.9. The molecule has 0 aromatic carbocycles. The maximum absolute atomic E-state index is 12.3. The highest BCUT2D eigenvalue weighted by Crippen LogP contribution is 2.25. The first-order valence-electron chi connectivity index (χ1n) is 9.09. The topological polar surface area (TPSA) is 79.9 Å². The monoisotopic (exact) mass is 342 g/mol. The number of pyridine rings is 1. The Balaban J connectivity index is 1.47. The molecular formula is C19H26N4O2. The number of aromatic amines is 1. The van der Waals surface area contributed by atoms with Crippen LogP contribution in [0.15, 0.2) is 24.4 Å². The van der Waals surface area contributed by atoms with Gasteiger partial charge in [0.1, 0.15) is 11.4 Å². The summed E-state index contributed by atoms with van der Waals surface area (Å²) < 4.78 is 6.06. The summed E-state index contributed by atoms with van der Waals surface area (Å²) in [7, 11) is 0. The van der Waals surface area contributed by atoms with Crippen molar-refractivity contribution in [2.45, 2.75) is 64.5 Å². The molecule has 25 heavy (non-hydrogen) atoms. The molecule has 1 amide bonds. The van der Waals surface area contributed by atoms with Crippen molar-refractivity contribution in [3.8, 4) is 5.75 Å². The van der Waals surface area contributed by atoms with Crippen molar-refractivity contribution < 1.29 is 9.53 Å². The van der Waals surface area contributed by atoms with Crippen LogP contribution in [0.1, 0.15) is 60.9 Å². The van der Waals surface area contributed by atoms with E-state index < -0.39 is 0 Å². The van der Waals surface area contributed by atoms with E-state index in [2.05, 4.69) is 27.4 Å². The maximum atomic E-state index is 12.3. The van der Waals surface area contributed by atoms with Crippen molar-refractivity contribution in [1.29, 1.82) is 0 Å². The fourth-order valence-corrected chi connectivity index (χ4v) is 3.23. The van der Waals surface area contributed by atoms with Crippen LogP contribution in [-0.4, -0.2) is 33.2 Å². The normalized spacial score (nSPS) is 20.2. The maximum Gasteiger partial charge on any atom is 0.271 e. The molecule has 2 N–H and O–H groups in total. The summed E-state index contributed by atoms with van der Waals surface area (Å²) in [5, 5.41) is 10.1. The lowest BCUT2D eigenvalue weighted by molar-refractivity contribution is 0.0888. The van der Waals surface area contributed by atoms with E-state index in [4.69, 9.17) is 4.74 Å². The summed E-state index contributed by atoms with van der Waals surface area (Å²) in [6.07, 6.45) is 7.61. The Morgan fingerprint density at radius 1 is 1.36 bits per heavy atom. The van der Waals surface area contributed by atoms with E-state index in [1.165, 1.54) is 0 Å². The number of nitrogens with zero attached hydrogens (tertiary/aromatic N) is 2. The van der Waals surface area contributed by atoms with E-state index in [1.807, 2.05) is 25.1 Å². The summed E-state index contributed by atoms with van der Waals surface area (Å²) in [5.74, 6) is 0.765. The molecule has 1 aliphatic rings. The fourth-order valence-electron chi connectivity index (χ4n) is 3.23. The van der Waals surface area contributed by atoms with Gasteiger partial charge < -0.3 is 10.1 Å². The molecule has 134 valence electrons. The lowest BCUT2D eigenvalue weighted by atomic mass is 9.92. The van der Waals surface area contributed by atoms with Gasteiger partial charge in [0.2, 0.25) is 0 Å². The molecule has 0 radical (unpaired) electrons. The van der Waals surface area contributed by atoms with Gasteiger partial charge in [-0.15, -0.1) is 0 Å². The van der Waals surface area contributed by atoms with Gasteiger partial charge in [0, 0.05) is 17.9 Å². The SMILES string of the molecule is CCCc1cc(C(=O)NC2CCC(Oc3cccnc3C)CC2)n[nH]1. The number of nitrogens with one attached hydrogen (secondary N) is 2. The second kappa shape index (κ2) is 8.14. The van der Waals surface area contributed by atoms with E-state index in [0.717, 1.165) is 55.7 Å². The van der Waals surface area contributed by atoms with Gasteiger partial charge in [-0.2, -0.15) is 5.10 Å². The molecule has 0 spiro atoms. The molecule has 0 bridgehead atoms. The first kappa shape index (κ1) is 17.5. The van der Waals surface area contributed by atoms with Crippen molar-refractivity contribution in [1.82, 2.24) is 20.5 Å². The van der Waals surface area contributed by atoms with Gasteiger partial charge in [-0.1, -0.05) is 13.3 Å². The van der Waals surface area contributed by atoms with Crippen molar-refractivity contribution in [2.75, 3.05) is 0 Å². The molecule has 2 heterocycles. The second-order valence-electron chi connectivity index (χ2n) is 6.68. The average molecular weight is 342 g/mol. The lowest BCUT2D eigenvalue weighted by Gasteiger charge is -2.29. The molecule has 2 aromatic heterocycles. The van der Waals surface area contributed by atoms with Crippen molar-refractivity contribution >= 4 is 5.91 Å². The number of H-pyrrole nitrogens is 1. The highest BCUT2D eigenvalue weighted by molar-refractivity contribution is 5.92. The fraction of sp³-hybridized carbons (Fsp3) is 0.526. The minimum atomic E-state index is -0.0916. The first-order chi connectivity index (χ1) is 12.2. The number of carbonyl (C=O) groups excluding carboxylic acids is 1. The molecule has 1 fully saturated rings. The van der Waals surface area contributed by atoms with E-state index >= 15 is 0 Å². The predicted octanol–water partition coefficient (Wildman–Crippen LogP) is 3.19. The molecule has 0 saturated heterocycles. The summed E-state index contributed by atoms with van der Waals surface area (Å²) in [6, 6.07) is 5.89. The smallest absolute Gasteiger partial charge is 0.271 e. The largest absolute Gasteiger partial charge is 0.489 e. The van der Waals surface area contributed by atoms with Crippen LogP contribution < -0.4 is 10.1 Å². The number of carbonyl (C=O) groups is 1. The van der Waals surface area contributed by atoms with Crippen LogP contribution in [0.2, 0.25) is 0 Å². The number of rotatable bonds is 6. The molecular weight excluding hydrogens is 316 g/mol. The Bertz CT molecular complexity index is 705. The molecule has 2 aromatic rings. The van der Waals surface area contributed by atoms with Gasteiger partial charge in [-0.05, 0) is 57.2 Å². The van der Waals surface area contributed by atoms with Crippen LogP contribution in [-0.2, 0) is 6.42 Å². The van der Waals surface area contributed by atoms with Crippen LogP contribution >= 0.6 is 0 Å². The zero-order chi connectivity index (χ0) is 17.6. The third kappa shape index (κ3) is 4.59. The van der Waals surface area contributed by atoms with Gasteiger partial charge in [0.25, 0.3) is 5.91 Å². The minimum absolute atomic E-state index is 0.0916. The minimum Gasteiger partial charge on any atom is -0.489 e. The molecule has 6 nitrogen and oxygen atoms in total. The Labute approximate surface area is 148 Å². The summed E-state index contributed by atoms with van der Waals surface area (Å²) in [4.78, 5) is 16.6. The Morgan fingerprint density at radius 2 is 2.16 bits per heavy atom. The van der Waals surface area contributed by atoms with Crippen LogP contribution in [0, 0.1) is 6.92 Å². The number of ether oxygens (including phenoxy) is 1. The van der Waals surface area contributed by atoms with E-state index in [-0.39, 0.29) is 18.1 Å². The van der Waals surface area contributed by atoms with Crippen LogP contribution in [0.5, 0.6) is 5.75 Å². The molecule has 3 rings (SSSR count). The molecule has 1 aliphatic carbocycles. The molecule has 1 saturated carbocycles. The van der Waals surface area contributed by atoms with Gasteiger partial charge in [0.15, 0.2) is 0 Å². The molecule has 0 unspecified atom stereocenters. The summed E-state index contributed by atoms with van der Waals surface area (Å²) in [5.41, 5.74) is 2.41. The molecule has 0 atom stereocenters. The third-order valence-corrected chi connectivity index (χ3v) is 4.64. The standard InChI is InChI=1S/C19H26N4O2/c1-3-5-15-12-17(23-22-15)19(24)21-14-7-9-16(10-8-14)25-18-6-4-11-20-13(18)2/h4,6,11-12,14,16H,3,5,7-10H2,1-2H3,(H,21,24)(H,22,23).